The van der Waals surface area contributed by atoms with Crippen molar-refractivity contribution in [2.24, 2.45) is 0 Å². The molecule has 3 nitrogen and oxygen atoms in total. The van der Waals surface area contributed by atoms with E-state index in [2.05, 4.69) is 4.98 Å². The Kier molecular flexibility index (Phi) is 1.52. The van der Waals surface area contributed by atoms with E-state index in [9.17, 15) is 4.39 Å². The van der Waals surface area contributed by atoms with Gasteiger partial charge >= 0.3 is 0 Å². The van der Waals surface area contributed by atoms with Crippen LogP contribution in [0.15, 0.2) is 18.3 Å². The summed E-state index contributed by atoms with van der Waals surface area (Å²) in [5, 5.41) is 8.67. The molecule has 0 atom stereocenters. The van der Waals surface area contributed by atoms with Crippen LogP contribution in [0.25, 0.3) is 5.65 Å². The zero-order valence-electron chi connectivity index (χ0n) is 6.95. The van der Waals surface area contributed by atoms with Crippen molar-refractivity contribution in [2.45, 2.75) is 6.92 Å². The quantitative estimate of drug-likeness (QED) is 0.610. The van der Waals surface area contributed by atoms with Gasteiger partial charge in [-0.2, -0.15) is 5.26 Å². The number of aryl methyl sites for hydroxylation is 1. The summed E-state index contributed by atoms with van der Waals surface area (Å²) < 4.78 is 14.4. The van der Waals surface area contributed by atoms with Gasteiger partial charge in [0.05, 0.1) is 5.69 Å². The Balaban J connectivity index is 2.86. The number of imidazole rings is 1. The molecule has 2 aromatic heterocycles. The maximum absolute atomic E-state index is 12.7. The zero-order chi connectivity index (χ0) is 9.42. The average molecular weight is 175 g/mol. The highest BCUT2D eigenvalue weighted by Gasteiger charge is 2.06. The van der Waals surface area contributed by atoms with Crippen molar-refractivity contribution in [1.82, 2.24) is 9.38 Å². The van der Waals surface area contributed by atoms with Crippen LogP contribution in [0.3, 0.4) is 0 Å². The number of aromatic nitrogens is 2. The van der Waals surface area contributed by atoms with Crippen molar-refractivity contribution in [3.8, 4) is 6.07 Å². The van der Waals surface area contributed by atoms with Gasteiger partial charge in [-0.3, -0.25) is 0 Å². The van der Waals surface area contributed by atoms with Gasteiger partial charge in [0.15, 0.2) is 5.69 Å². The monoisotopic (exact) mass is 175 g/mol. The average Bonchev–Trinajstić information content (AvgIpc) is 2.42. The third-order valence-corrected chi connectivity index (χ3v) is 1.93. The molecule has 2 aromatic rings. The Labute approximate surface area is 74.1 Å². The van der Waals surface area contributed by atoms with Crippen LogP contribution < -0.4 is 0 Å². The van der Waals surface area contributed by atoms with Gasteiger partial charge in [-0.1, -0.05) is 0 Å². The van der Waals surface area contributed by atoms with E-state index in [1.54, 1.807) is 17.5 Å². The molecule has 0 saturated heterocycles. The van der Waals surface area contributed by atoms with E-state index in [0.29, 0.717) is 11.3 Å². The molecular weight excluding hydrogens is 169 g/mol. The summed E-state index contributed by atoms with van der Waals surface area (Å²) >= 11 is 0. The molecule has 0 amide bonds. The molecule has 0 spiro atoms. The molecule has 64 valence electrons. The minimum atomic E-state index is -0.345. The third-order valence-electron chi connectivity index (χ3n) is 1.93. The third kappa shape index (κ3) is 1.05. The van der Waals surface area contributed by atoms with Gasteiger partial charge in [0.25, 0.3) is 0 Å². The van der Waals surface area contributed by atoms with Crippen molar-refractivity contribution < 1.29 is 4.39 Å². The Morgan fingerprint density at radius 3 is 3.08 bits per heavy atom. The maximum Gasteiger partial charge on any atom is 0.162 e. The smallest absolute Gasteiger partial charge is 0.162 e. The molecule has 0 aliphatic heterocycles. The fourth-order valence-electron chi connectivity index (χ4n) is 1.25. The molecule has 0 aliphatic rings. The van der Waals surface area contributed by atoms with Crippen molar-refractivity contribution >= 4 is 5.65 Å². The minimum absolute atomic E-state index is 0.339. The number of nitrogens with zero attached hydrogens (tertiary/aromatic N) is 3. The standard InChI is InChI=1S/C9H6FN3/c1-6-8(5-11)12-9-4-7(10)2-3-13(6)9/h2-4H,1H3. The van der Waals surface area contributed by atoms with Gasteiger partial charge < -0.3 is 4.40 Å². The van der Waals surface area contributed by atoms with Gasteiger partial charge in [-0.25, -0.2) is 9.37 Å². The molecule has 13 heavy (non-hydrogen) atoms. The van der Waals surface area contributed by atoms with E-state index in [4.69, 9.17) is 5.26 Å². The van der Waals surface area contributed by atoms with Crippen molar-refractivity contribution in [2.75, 3.05) is 0 Å². The first-order valence-electron chi connectivity index (χ1n) is 3.76. The molecule has 0 aliphatic carbocycles. The van der Waals surface area contributed by atoms with E-state index in [-0.39, 0.29) is 5.82 Å². The van der Waals surface area contributed by atoms with Gasteiger partial charge in [-0.15, -0.1) is 0 Å². The summed E-state index contributed by atoms with van der Waals surface area (Å²) in [6.45, 7) is 1.77. The van der Waals surface area contributed by atoms with Crippen LogP contribution in [0.5, 0.6) is 0 Å². The number of rotatable bonds is 0. The largest absolute Gasteiger partial charge is 0.303 e. The molecule has 0 fully saturated rings. The second kappa shape index (κ2) is 2.56. The molecule has 0 radical (unpaired) electrons. The second-order valence-electron chi connectivity index (χ2n) is 2.73. The lowest BCUT2D eigenvalue weighted by Crippen LogP contribution is -1.87. The molecule has 2 rings (SSSR count). The van der Waals surface area contributed by atoms with Crippen LogP contribution in [-0.4, -0.2) is 9.38 Å². The molecule has 0 bridgehead atoms. The predicted molar refractivity (Wildman–Crippen MR) is 44.6 cm³/mol. The molecule has 0 N–H and O–H groups in total. The molecule has 4 heteroatoms. The highest BCUT2D eigenvalue weighted by molar-refractivity contribution is 5.46. The van der Waals surface area contributed by atoms with Gasteiger partial charge in [0.1, 0.15) is 17.5 Å². The van der Waals surface area contributed by atoms with Gasteiger partial charge in [-0.05, 0) is 13.0 Å². The zero-order valence-corrected chi connectivity index (χ0v) is 6.95. The normalized spacial score (nSPS) is 10.2. The number of pyridine rings is 1. The highest BCUT2D eigenvalue weighted by Crippen LogP contribution is 2.11. The van der Waals surface area contributed by atoms with Crippen molar-refractivity contribution in [3.05, 3.63) is 35.5 Å². The van der Waals surface area contributed by atoms with Crippen LogP contribution >= 0.6 is 0 Å². The number of hydrogen-bond acceptors (Lipinski definition) is 2. The van der Waals surface area contributed by atoms with E-state index in [1.807, 2.05) is 6.07 Å². The maximum atomic E-state index is 12.7. The van der Waals surface area contributed by atoms with Crippen molar-refractivity contribution in [3.63, 3.8) is 0 Å². The number of nitriles is 1. The molecule has 0 aromatic carbocycles. The lowest BCUT2D eigenvalue weighted by molar-refractivity contribution is 0.626. The lowest BCUT2D eigenvalue weighted by atomic mass is 10.4. The first-order chi connectivity index (χ1) is 6.22. The first kappa shape index (κ1) is 7.74. The van der Waals surface area contributed by atoms with Crippen molar-refractivity contribution in [1.29, 1.82) is 5.26 Å². The van der Waals surface area contributed by atoms with E-state index < -0.39 is 0 Å². The topological polar surface area (TPSA) is 41.1 Å². The molecule has 2 heterocycles. The summed E-state index contributed by atoms with van der Waals surface area (Å²) in [7, 11) is 0. The SMILES string of the molecule is Cc1c(C#N)nc2cc(F)ccn12. The first-order valence-corrected chi connectivity index (χ1v) is 3.76. The lowest BCUT2D eigenvalue weighted by Gasteiger charge is -1.94. The van der Waals surface area contributed by atoms with Crippen LogP contribution in [0.2, 0.25) is 0 Å². The van der Waals surface area contributed by atoms with Crippen LogP contribution in [0.1, 0.15) is 11.4 Å². The van der Waals surface area contributed by atoms with E-state index in [1.165, 1.54) is 12.1 Å². The molecule has 0 unspecified atom stereocenters. The molecular formula is C9H6FN3. The fourth-order valence-corrected chi connectivity index (χ4v) is 1.25. The minimum Gasteiger partial charge on any atom is -0.303 e. The Bertz CT molecular complexity index is 507. The highest BCUT2D eigenvalue weighted by atomic mass is 19.1. The van der Waals surface area contributed by atoms with Crippen LogP contribution in [0, 0.1) is 24.1 Å². The summed E-state index contributed by atoms with van der Waals surface area (Å²) in [4.78, 5) is 3.95. The summed E-state index contributed by atoms with van der Waals surface area (Å²) in [5.74, 6) is -0.345. The molecule has 0 saturated carbocycles. The van der Waals surface area contributed by atoms with Gasteiger partial charge in [0.2, 0.25) is 0 Å². The fraction of sp³-hybridized carbons (Fsp3) is 0.111. The predicted octanol–water partition coefficient (Wildman–Crippen LogP) is 1.65. The van der Waals surface area contributed by atoms with Crippen LogP contribution in [-0.2, 0) is 0 Å². The Morgan fingerprint density at radius 2 is 2.38 bits per heavy atom. The second-order valence-corrected chi connectivity index (χ2v) is 2.73. The Morgan fingerprint density at radius 1 is 1.62 bits per heavy atom. The van der Waals surface area contributed by atoms with Crippen LogP contribution in [0.4, 0.5) is 4.39 Å². The summed E-state index contributed by atoms with van der Waals surface area (Å²) in [6.07, 6.45) is 1.56. The van der Waals surface area contributed by atoms with E-state index in [0.717, 1.165) is 5.69 Å². The van der Waals surface area contributed by atoms with Gasteiger partial charge in [0, 0.05) is 12.3 Å². The number of hydrogen-bond donors (Lipinski definition) is 0. The number of halogens is 1. The summed E-state index contributed by atoms with van der Waals surface area (Å²) in [5.41, 5.74) is 1.54. The summed E-state index contributed by atoms with van der Waals surface area (Å²) in [6, 6.07) is 4.59. The number of fused-ring (bicyclic) bond motifs is 1. The van der Waals surface area contributed by atoms with E-state index >= 15 is 0 Å². The Hall–Kier alpha value is -1.89.